The molecule has 2 atom stereocenters. The number of piperidine rings is 1. The molecule has 1 aromatic rings. The summed E-state index contributed by atoms with van der Waals surface area (Å²) >= 11 is 0. The molecule has 8 heteroatoms. The monoisotopic (exact) mass is 396 g/mol. The topological polar surface area (TPSA) is 71.4 Å². The Morgan fingerprint density at radius 1 is 1.19 bits per heavy atom. The molecule has 27 heavy (non-hydrogen) atoms. The molecule has 0 bridgehead atoms. The fourth-order valence-electron chi connectivity index (χ4n) is 3.96. The van der Waals surface area contributed by atoms with Crippen LogP contribution in [0.4, 0.5) is 0 Å². The quantitative estimate of drug-likeness (QED) is 0.751. The standard InChI is InChI=1S/C19H29N3O4S/c1-16-4-3-9-20(14-16)15-19(23)21-10-12-22(13-11-21)27(24,25)18-7-5-17(26-2)6-8-18/h5-8,16H,3-4,9-15H2,1-2H3/p+1/t16-/m0/s1. The number of piperazine rings is 1. The maximum absolute atomic E-state index is 12.8. The minimum absolute atomic E-state index is 0.139. The van der Waals surface area contributed by atoms with E-state index in [1.807, 2.05) is 4.90 Å². The Morgan fingerprint density at radius 3 is 2.44 bits per heavy atom. The van der Waals surface area contributed by atoms with Crippen molar-refractivity contribution in [1.82, 2.24) is 9.21 Å². The Balaban J connectivity index is 1.55. The Hall–Kier alpha value is -1.64. The van der Waals surface area contributed by atoms with Gasteiger partial charge in [0.15, 0.2) is 6.54 Å². The zero-order chi connectivity index (χ0) is 19.4. The number of ether oxygens (including phenoxy) is 1. The summed E-state index contributed by atoms with van der Waals surface area (Å²) in [7, 11) is -1.99. The van der Waals surface area contributed by atoms with Crippen molar-refractivity contribution in [3.05, 3.63) is 24.3 Å². The minimum Gasteiger partial charge on any atom is -0.497 e. The summed E-state index contributed by atoms with van der Waals surface area (Å²) in [5, 5.41) is 0. The molecule has 2 aliphatic rings. The van der Waals surface area contributed by atoms with Gasteiger partial charge < -0.3 is 14.5 Å². The van der Waals surface area contributed by atoms with Crippen LogP contribution in [0.5, 0.6) is 5.75 Å². The van der Waals surface area contributed by atoms with Gasteiger partial charge in [0.25, 0.3) is 5.91 Å². The predicted molar refractivity (Wildman–Crippen MR) is 102 cm³/mol. The van der Waals surface area contributed by atoms with E-state index in [1.165, 1.54) is 22.0 Å². The van der Waals surface area contributed by atoms with Gasteiger partial charge in [0, 0.05) is 32.1 Å². The highest BCUT2D eigenvalue weighted by molar-refractivity contribution is 7.89. The molecule has 2 aliphatic heterocycles. The van der Waals surface area contributed by atoms with Crippen molar-refractivity contribution in [2.75, 3.05) is 52.9 Å². The zero-order valence-electron chi connectivity index (χ0n) is 16.2. The highest BCUT2D eigenvalue weighted by Crippen LogP contribution is 2.20. The minimum atomic E-state index is -3.54. The Bertz CT molecular complexity index is 743. The van der Waals surface area contributed by atoms with Gasteiger partial charge in [-0.05, 0) is 37.1 Å². The second kappa shape index (κ2) is 8.58. The van der Waals surface area contributed by atoms with Crippen molar-refractivity contribution in [3.8, 4) is 5.75 Å². The van der Waals surface area contributed by atoms with Gasteiger partial charge in [0.2, 0.25) is 10.0 Å². The van der Waals surface area contributed by atoms with Crippen molar-refractivity contribution < 1.29 is 22.8 Å². The zero-order valence-corrected chi connectivity index (χ0v) is 17.0. The highest BCUT2D eigenvalue weighted by atomic mass is 32.2. The summed E-state index contributed by atoms with van der Waals surface area (Å²) in [4.78, 5) is 16.0. The van der Waals surface area contributed by atoms with E-state index in [1.54, 1.807) is 31.4 Å². The van der Waals surface area contributed by atoms with Crippen LogP contribution in [-0.4, -0.2) is 76.5 Å². The van der Waals surface area contributed by atoms with E-state index in [2.05, 4.69) is 6.92 Å². The summed E-state index contributed by atoms with van der Waals surface area (Å²) < 4.78 is 32.1. The van der Waals surface area contributed by atoms with E-state index < -0.39 is 10.0 Å². The first kappa shape index (κ1) is 20.1. The lowest BCUT2D eigenvalue weighted by Gasteiger charge is -2.35. The first-order chi connectivity index (χ1) is 12.9. The Morgan fingerprint density at radius 2 is 1.85 bits per heavy atom. The number of rotatable bonds is 5. The van der Waals surface area contributed by atoms with Gasteiger partial charge in [0.1, 0.15) is 5.75 Å². The van der Waals surface area contributed by atoms with Crippen LogP contribution in [0.3, 0.4) is 0 Å². The number of amides is 1. The molecule has 2 fully saturated rings. The van der Waals surface area contributed by atoms with Gasteiger partial charge in [0.05, 0.1) is 25.1 Å². The molecule has 150 valence electrons. The molecular formula is C19H30N3O4S+. The third-order valence-corrected chi connectivity index (χ3v) is 7.47. The lowest BCUT2D eigenvalue weighted by Crippen LogP contribution is -3.14. The summed E-state index contributed by atoms with van der Waals surface area (Å²) in [6.07, 6.45) is 2.43. The van der Waals surface area contributed by atoms with Crippen LogP contribution in [0, 0.1) is 5.92 Å². The van der Waals surface area contributed by atoms with E-state index >= 15 is 0 Å². The third-order valence-electron chi connectivity index (χ3n) is 5.55. The molecule has 0 saturated carbocycles. The van der Waals surface area contributed by atoms with E-state index in [0.717, 1.165) is 13.1 Å². The first-order valence-electron chi connectivity index (χ1n) is 9.65. The van der Waals surface area contributed by atoms with Gasteiger partial charge in [-0.15, -0.1) is 0 Å². The average Bonchev–Trinajstić information content (AvgIpc) is 2.68. The lowest BCUT2D eigenvalue weighted by molar-refractivity contribution is -0.900. The molecule has 1 aromatic carbocycles. The molecule has 0 radical (unpaired) electrons. The number of quaternary nitrogens is 1. The van der Waals surface area contributed by atoms with E-state index in [4.69, 9.17) is 4.74 Å². The van der Waals surface area contributed by atoms with Gasteiger partial charge in [-0.25, -0.2) is 8.42 Å². The smallest absolute Gasteiger partial charge is 0.277 e. The highest BCUT2D eigenvalue weighted by Gasteiger charge is 2.31. The molecule has 1 amide bonds. The van der Waals surface area contributed by atoms with Gasteiger partial charge in [-0.1, -0.05) is 6.92 Å². The van der Waals surface area contributed by atoms with Crippen LogP contribution < -0.4 is 9.64 Å². The van der Waals surface area contributed by atoms with E-state index in [0.29, 0.717) is 44.4 Å². The molecule has 0 aromatic heterocycles. The molecule has 1 unspecified atom stereocenters. The normalized spacial score (nSPS) is 24.6. The SMILES string of the molecule is COc1ccc(S(=O)(=O)N2CCN(C(=O)C[NH+]3CCC[C@H](C)C3)CC2)cc1. The molecule has 2 heterocycles. The molecule has 2 saturated heterocycles. The van der Waals surface area contributed by atoms with Crippen LogP contribution in [0.25, 0.3) is 0 Å². The largest absolute Gasteiger partial charge is 0.497 e. The maximum Gasteiger partial charge on any atom is 0.277 e. The number of benzene rings is 1. The summed E-state index contributed by atoms with van der Waals surface area (Å²) in [6, 6.07) is 6.42. The van der Waals surface area contributed by atoms with E-state index in [-0.39, 0.29) is 10.8 Å². The predicted octanol–water partition coefficient (Wildman–Crippen LogP) is -0.157. The lowest BCUT2D eigenvalue weighted by atomic mass is 10.0. The van der Waals surface area contributed by atoms with Crippen molar-refractivity contribution in [1.29, 1.82) is 0 Å². The molecular weight excluding hydrogens is 366 g/mol. The Labute approximate surface area is 161 Å². The summed E-state index contributed by atoms with van der Waals surface area (Å²) in [5.41, 5.74) is 0. The number of methoxy groups -OCH3 is 1. The van der Waals surface area contributed by atoms with Crippen LogP contribution in [0.1, 0.15) is 19.8 Å². The summed E-state index contributed by atoms with van der Waals surface area (Å²) in [5.74, 6) is 1.44. The van der Waals surface area contributed by atoms with Gasteiger partial charge in [-0.3, -0.25) is 4.79 Å². The van der Waals surface area contributed by atoms with Crippen molar-refractivity contribution in [2.45, 2.75) is 24.7 Å². The number of carbonyl (C=O) groups excluding carboxylic acids is 1. The fraction of sp³-hybridized carbons (Fsp3) is 0.632. The second-order valence-electron chi connectivity index (χ2n) is 7.59. The number of carbonyl (C=O) groups is 1. The molecule has 1 N–H and O–H groups in total. The first-order valence-corrected chi connectivity index (χ1v) is 11.1. The van der Waals surface area contributed by atoms with Gasteiger partial charge >= 0.3 is 0 Å². The van der Waals surface area contributed by atoms with Crippen molar-refractivity contribution >= 4 is 15.9 Å². The molecule has 7 nitrogen and oxygen atoms in total. The summed E-state index contributed by atoms with van der Waals surface area (Å²) in [6.45, 7) is 6.47. The maximum atomic E-state index is 12.8. The molecule has 0 aliphatic carbocycles. The fourth-order valence-corrected chi connectivity index (χ4v) is 5.38. The molecule has 3 rings (SSSR count). The number of nitrogens with zero attached hydrogens (tertiary/aromatic N) is 2. The number of nitrogens with one attached hydrogen (secondary N) is 1. The van der Waals surface area contributed by atoms with Crippen molar-refractivity contribution in [2.24, 2.45) is 5.92 Å². The van der Waals surface area contributed by atoms with Crippen LogP contribution in [0.15, 0.2) is 29.2 Å². The average molecular weight is 397 g/mol. The second-order valence-corrected chi connectivity index (χ2v) is 9.53. The van der Waals surface area contributed by atoms with Crippen molar-refractivity contribution in [3.63, 3.8) is 0 Å². The van der Waals surface area contributed by atoms with Crippen LogP contribution in [-0.2, 0) is 14.8 Å². The number of hydrogen-bond donors (Lipinski definition) is 1. The number of hydrogen-bond acceptors (Lipinski definition) is 4. The Kier molecular flexibility index (Phi) is 6.39. The van der Waals surface area contributed by atoms with Crippen LogP contribution >= 0.6 is 0 Å². The van der Waals surface area contributed by atoms with Crippen LogP contribution in [0.2, 0.25) is 0 Å². The van der Waals surface area contributed by atoms with Gasteiger partial charge in [-0.2, -0.15) is 4.31 Å². The third kappa shape index (κ3) is 4.80. The number of sulfonamides is 1. The molecule has 0 spiro atoms. The van der Waals surface area contributed by atoms with E-state index in [9.17, 15) is 13.2 Å². The number of likely N-dealkylation sites (tertiary alicyclic amines) is 1.